The molecule has 6 nitrogen and oxygen atoms in total. The molecule has 2 aliphatic heterocycles. The van der Waals surface area contributed by atoms with Gasteiger partial charge in [0.05, 0.1) is 35.2 Å². The number of fused-ring (bicyclic) bond motifs is 1. The van der Waals surface area contributed by atoms with Gasteiger partial charge in [-0.15, -0.1) is 11.3 Å². The number of carbonyl (C=O) groups is 1. The lowest BCUT2D eigenvalue weighted by Gasteiger charge is -2.22. The minimum absolute atomic E-state index is 0.0297. The average Bonchev–Trinajstić information content (AvgIpc) is 3.28. The van der Waals surface area contributed by atoms with Crippen molar-refractivity contribution in [3.8, 4) is 0 Å². The average molecular weight is 347 g/mol. The molecule has 0 saturated carbocycles. The fourth-order valence-corrected chi connectivity index (χ4v) is 4.15. The number of nitrogens with zero attached hydrogens (tertiary/aromatic N) is 3. The first-order chi connectivity index (χ1) is 11.7. The zero-order valence-electron chi connectivity index (χ0n) is 13.7. The van der Waals surface area contributed by atoms with Crippen molar-refractivity contribution in [2.45, 2.75) is 19.6 Å². The van der Waals surface area contributed by atoms with E-state index in [0.29, 0.717) is 24.6 Å². The van der Waals surface area contributed by atoms with E-state index in [1.54, 1.807) is 17.4 Å². The van der Waals surface area contributed by atoms with Crippen LogP contribution in [0.2, 0.25) is 0 Å². The topological polar surface area (TPSA) is 58.8 Å². The first-order valence-electron chi connectivity index (χ1n) is 8.25. The van der Waals surface area contributed by atoms with Crippen LogP contribution in [0.1, 0.15) is 21.1 Å². The Kier molecular flexibility index (Phi) is 4.39. The van der Waals surface area contributed by atoms with Crippen molar-refractivity contribution >= 4 is 17.2 Å². The van der Waals surface area contributed by atoms with Crippen LogP contribution in [0.15, 0.2) is 28.4 Å². The molecule has 1 amide bonds. The molecule has 0 aromatic carbocycles. The van der Waals surface area contributed by atoms with Crippen LogP contribution in [0.3, 0.4) is 0 Å². The molecule has 2 saturated heterocycles. The lowest BCUT2D eigenvalue weighted by atomic mass is 10.1. The summed E-state index contributed by atoms with van der Waals surface area (Å²) < 4.78 is 11.0. The molecule has 2 aromatic rings. The third-order valence-electron chi connectivity index (χ3n) is 4.72. The van der Waals surface area contributed by atoms with E-state index in [0.717, 1.165) is 36.9 Å². The van der Waals surface area contributed by atoms with E-state index in [4.69, 9.17) is 9.15 Å². The predicted molar refractivity (Wildman–Crippen MR) is 90.0 cm³/mol. The lowest BCUT2D eigenvalue weighted by Crippen LogP contribution is -2.33. The van der Waals surface area contributed by atoms with Crippen molar-refractivity contribution in [2.75, 3.05) is 32.8 Å². The zero-order valence-corrected chi connectivity index (χ0v) is 14.5. The molecule has 0 bridgehead atoms. The van der Waals surface area contributed by atoms with E-state index in [1.165, 1.54) is 12.5 Å². The Labute approximate surface area is 145 Å². The molecule has 0 aliphatic carbocycles. The summed E-state index contributed by atoms with van der Waals surface area (Å²) in [4.78, 5) is 21.3. The highest BCUT2D eigenvalue weighted by molar-refractivity contribution is 7.09. The minimum atomic E-state index is 0.0297. The molecule has 7 heteroatoms. The Morgan fingerprint density at radius 3 is 3.08 bits per heavy atom. The highest BCUT2D eigenvalue weighted by atomic mass is 32.1. The molecule has 0 radical (unpaired) electrons. The summed E-state index contributed by atoms with van der Waals surface area (Å²) in [6.07, 6.45) is 3.17. The van der Waals surface area contributed by atoms with Gasteiger partial charge in [0.2, 0.25) is 0 Å². The number of furan rings is 1. The lowest BCUT2D eigenvalue weighted by molar-refractivity contribution is 0.0483. The van der Waals surface area contributed by atoms with Gasteiger partial charge in [0.15, 0.2) is 0 Å². The number of hydrogen-bond acceptors (Lipinski definition) is 6. The molecule has 2 fully saturated rings. The van der Waals surface area contributed by atoms with Crippen LogP contribution in [-0.2, 0) is 11.3 Å². The maximum Gasteiger partial charge on any atom is 0.257 e. The van der Waals surface area contributed by atoms with Crippen molar-refractivity contribution < 1.29 is 13.9 Å². The number of carbonyl (C=O) groups excluding carboxylic acids is 1. The quantitative estimate of drug-likeness (QED) is 0.850. The first kappa shape index (κ1) is 15.8. The van der Waals surface area contributed by atoms with Gasteiger partial charge in [0.1, 0.15) is 6.26 Å². The Morgan fingerprint density at radius 1 is 1.42 bits per heavy atom. The first-order valence-corrected chi connectivity index (χ1v) is 9.13. The number of aromatic nitrogens is 1. The maximum absolute atomic E-state index is 12.5. The standard InChI is InChI=1S/C17H21N3O3S/c1-12-18-15(11-24-12)8-19-3-5-23-16-9-20(7-14(16)6-19)17(21)13-2-4-22-10-13/h2,4,10-11,14,16H,3,5-9H2,1H3/t14-,16+/m1/s1. The van der Waals surface area contributed by atoms with Gasteiger partial charge >= 0.3 is 0 Å². The molecule has 0 unspecified atom stereocenters. The van der Waals surface area contributed by atoms with Gasteiger partial charge in [-0.05, 0) is 13.0 Å². The van der Waals surface area contributed by atoms with Crippen LogP contribution in [0.5, 0.6) is 0 Å². The van der Waals surface area contributed by atoms with E-state index in [9.17, 15) is 4.79 Å². The summed E-state index contributed by atoms with van der Waals surface area (Å²) >= 11 is 1.69. The Morgan fingerprint density at radius 2 is 2.33 bits per heavy atom. The third kappa shape index (κ3) is 3.24. The van der Waals surface area contributed by atoms with E-state index in [2.05, 4.69) is 15.3 Å². The smallest absolute Gasteiger partial charge is 0.257 e. The Hall–Kier alpha value is -1.70. The van der Waals surface area contributed by atoms with Gasteiger partial charge in [-0.2, -0.15) is 0 Å². The summed E-state index contributed by atoms with van der Waals surface area (Å²) in [7, 11) is 0. The molecule has 0 N–H and O–H groups in total. The van der Waals surface area contributed by atoms with Crippen LogP contribution >= 0.6 is 11.3 Å². The SMILES string of the molecule is Cc1nc(CN2CCO[C@H]3CN(C(=O)c4ccoc4)C[C@H]3C2)cs1. The van der Waals surface area contributed by atoms with Gasteiger partial charge in [-0.1, -0.05) is 0 Å². The van der Waals surface area contributed by atoms with Crippen LogP contribution in [0.25, 0.3) is 0 Å². The second-order valence-electron chi connectivity index (χ2n) is 6.48. The number of likely N-dealkylation sites (tertiary alicyclic amines) is 1. The van der Waals surface area contributed by atoms with Gasteiger partial charge in [-0.25, -0.2) is 4.98 Å². The number of aryl methyl sites for hydroxylation is 1. The van der Waals surface area contributed by atoms with Gasteiger partial charge < -0.3 is 14.1 Å². The maximum atomic E-state index is 12.5. The van der Waals surface area contributed by atoms with Crippen LogP contribution in [0.4, 0.5) is 0 Å². The fraction of sp³-hybridized carbons (Fsp3) is 0.529. The normalized spacial score (nSPS) is 24.8. The fourth-order valence-electron chi connectivity index (χ4n) is 3.55. The minimum Gasteiger partial charge on any atom is -0.472 e. The molecule has 2 atom stereocenters. The van der Waals surface area contributed by atoms with Gasteiger partial charge in [0, 0.05) is 44.0 Å². The summed E-state index contributed by atoms with van der Waals surface area (Å²) in [6.45, 7) is 6.85. The molecule has 24 heavy (non-hydrogen) atoms. The monoisotopic (exact) mass is 347 g/mol. The highest BCUT2D eigenvalue weighted by Gasteiger charge is 2.38. The number of ether oxygens (including phenoxy) is 1. The zero-order chi connectivity index (χ0) is 16.5. The molecular formula is C17H21N3O3S. The third-order valence-corrected chi connectivity index (χ3v) is 5.54. The summed E-state index contributed by atoms with van der Waals surface area (Å²) in [5, 5.41) is 3.23. The molecule has 4 heterocycles. The number of thiazole rings is 1. The van der Waals surface area contributed by atoms with Crippen LogP contribution in [0, 0.1) is 12.8 Å². The van der Waals surface area contributed by atoms with Gasteiger partial charge in [-0.3, -0.25) is 9.69 Å². The summed E-state index contributed by atoms with van der Waals surface area (Å²) in [5.41, 5.74) is 1.74. The second kappa shape index (κ2) is 6.66. The molecule has 128 valence electrons. The molecule has 0 spiro atoms. The van der Waals surface area contributed by atoms with E-state index < -0.39 is 0 Å². The van der Waals surface area contributed by atoms with E-state index in [-0.39, 0.29) is 12.0 Å². The van der Waals surface area contributed by atoms with Gasteiger partial charge in [0.25, 0.3) is 5.91 Å². The van der Waals surface area contributed by atoms with Crippen LogP contribution in [-0.4, -0.2) is 59.6 Å². The highest BCUT2D eigenvalue weighted by Crippen LogP contribution is 2.26. The number of rotatable bonds is 3. The van der Waals surface area contributed by atoms with Crippen LogP contribution < -0.4 is 0 Å². The molecule has 2 aliphatic rings. The molecule has 2 aromatic heterocycles. The van der Waals surface area contributed by atoms with Crippen molar-refractivity contribution in [3.05, 3.63) is 40.2 Å². The van der Waals surface area contributed by atoms with Crippen molar-refractivity contribution in [1.29, 1.82) is 0 Å². The largest absolute Gasteiger partial charge is 0.472 e. The van der Waals surface area contributed by atoms with Crippen molar-refractivity contribution in [2.24, 2.45) is 5.92 Å². The Bertz CT molecular complexity index is 700. The predicted octanol–water partition coefficient (Wildman–Crippen LogP) is 2.02. The summed E-state index contributed by atoms with van der Waals surface area (Å²) in [6, 6.07) is 1.72. The van der Waals surface area contributed by atoms with E-state index in [1.807, 2.05) is 11.8 Å². The molecule has 4 rings (SSSR count). The second-order valence-corrected chi connectivity index (χ2v) is 7.55. The number of hydrogen-bond donors (Lipinski definition) is 0. The van der Waals surface area contributed by atoms with Crippen molar-refractivity contribution in [3.63, 3.8) is 0 Å². The Balaban J connectivity index is 1.40. The molecular weight excluding hydrogens is 326 g/mol. The van der Waals surface area contributed by atoms with E-state index >= 15 is 0 Å². The van der Waals surface area contributed by atoms with Crippen molar-refractivity contribution in [1.82, 2.24) is 14.8 Å². The number of amides is 1. The summed E-state index contributed by atoms with van der Waals surface area (Å²) in [5.74, 6) is 0.380.